The van der Waals surface area contributed by atoms with Gasteiger partial charge in [0, 0.05) is 32.8 Å². The first kappa shape index (κ1) is 21.1. The molecule has 1 aromatic rings. The lowest BCUT2D eigenvalue weighted by molar-refractivity contribution is -0.133. The molecule has 28 heavy (non-hydrogen) atoms. The predicted molar refractivity (Wildman–Crippen MR) is 106 cm³/mol. The van der Waals surface area contributed by atoms with Gasteiger partial charge in [-0.25, -0.2) is 4.68 Å². The van der Waals surface area contributed by atoms with Gasteiger partial charge in [-0.05, 0) is 68.2 Å². The Kier molecular flexibility index (Phi) is 8.17. The second-order valence-electron chi connectivity index (χ2n) is 8.01. The van der Waals surface area contributed by atoms with Crippen LogP contribution < -0.4 is 0 Å². The summed E-state index contributed by atoms with van der Waals surface area (Å²) in [7, 11) is 1.75. The van der Waals surface area contributed by atoms with Crippen LogP contribution in [0, 0.1) is 5.92 Å². The summed E-state index contributed by atoms with van der Waals surface area (Å²) in [5, 5.41) is 11.2. The fourth-order valence-electron chi connectivity index (χ4n) is 4.47. The van der Waals surface area contributed by atoms with Crippen LogP contribution in [0.4, 0.5) is 0 Å². The van der Waals surface area contributed by atoms with Crippen LogP contribution in [0.3, 0.4) is 0 Å². The summed E-state index contributed by atoms with van der Waals surface area (Å²) in [4.78, 5) is 20.1. The third kappa shape index (κ3) is 5.96. The topological polar surface area (TPSA) is 79.6 Å². The molecule has 3 heterocycles. The lowest BCUT2D eigenvalue weighted by atomic mass is 9.95. The Bertz CT molecular complexity index is 575. The Labute approximate surface area is 168 Å². The maximum Gasteiger partial charge on any atom is 0.244 e. The quantitative estimate of drug-likeness (QED) is 0.567. The third-order valence-electron chi connectivity index (χ3n) is 6.18. The van der Waals surface area contributed by atoms with E-state index in [-0.39, 0.29) is 12.5 Å². The number of carbonyl (C=O) groups is 1. The molecule has 1 amide bonds. The van der Waals surface area contributed by atoms with Crippen LogP contribution in [0.2, 0.25) is 0 Å². The number of nitrogens with zero attached hydrogens (tertiary/aromatic N) is 7. The summed E-state index contributed by atoms with van der Waals surface area (Å²) in [6, 6.07) is 0.476. The van der Waals surface area contributed by atoms with E-state index in [1.165, 1.54) is 23.9 Å². The number of methoxy groups -OCH3 is 1. The molecule has 2 aliphatic rings. The van der Waals surface area contributed by atoms with Gasteiger partial charge in [-0.2, -0.15) is 0 Å². The van der Waals surface area contributed by atoms with Gasteiger partial charge >= 0.3 is 0 Å². The maximum atomic E-state index is 13.0. The second kappa shape index (κ2) is 10.8. The molecule has 0 aliphatic carbocycles. The molecule has 0 spiro atoms. The van der Waals surface area contributed by atoms with Gasteiger partial charge in [0.2, 0.25) is 5.91 Å². The first-order valence-corrected chi connectivity index (χ1v) is 10.6. The minimum atomic E-state index is 0.122. The van der Waals surface area contributed by atoms with Gasteiger partial charge in [-0.3, -0.25) is 9.69 Å². The Morgan fingerprint density at radius 1 is 1.21 bits per heavy atom. The summed E-state index contributed by atoms with van der Waals surface area (Å²) in [6.45, 7) is 10.3. The van der Waals surface area contributed by atoms with Crippen molar-refractivity contribution in [3.8, 4) is 0 Å². The molecule has 9 nitrogen and oxygen atoms in total. The number of hydrogen-bond donors (Lipinski definition) is 0. The van der Waals surface area contributed by atoms with Crippen molar-refractivity contribution in [3.05, 3.63) is 6.33 Å². The van der Waals surface area contributed by atoms with Crippen LogP contribution in [0.25, 0.3) is 0 Å². The van der Waals surface area contributed by atoms with Crippen molar-refractivity contribution in [2.75, 3.05) is 59.5 Å². The minimum Gasteiger partial charge on any atom is -0.383 e. The molecule has 1 atom stereocenters. The van der Waals surface area contributed by atoms with E-state index in [1.54, 1.807) is 7.11 Å². The third-order valence-corrected chi connectivity index (χ3v) is 6.18. The summed E-state index contributed by atoms with van der Waals surface area (Å²) < 4.78 is 6.72. The number of likely N-dealkylation sites (N-methyl/N-ethyl adjacent to an activating group) is 1. The number of hydrogen-bond acceptors (Lipinski definition) is 7. The van der Waals surface area contributed by atoms with E-state index < -0.39 is 0 Å². The number of rotatable bonds is 10. The van der Waals surface area contributed by atoms with Crippen LogP contribution in [0.1, 0.15) is 32.6 Å². The van der Waals surface area contributed by atoms with Crippen molar-refractivity contribution in [2.45, 2.75) is 45.2 Å². The average Bonchev–Trinajstić information content (AvgIpc) is 3.38. The lowest BCUT2D eigenvalue weighted by Crippen LogP contribution is -2.47. The van der Waals surface area contributed by atoms with Gasteiger partial charge < -0.3 is 14.5 Å². The molecular formula is C19H35N7O2. The molecule has 3 rings (SSSR count). The predicted octanol–water partition coefficient (Wildman–Crippen LogP) is 0.344. The van der Waals surface area contributed by atoms with Crippen LogP contribution in [0.15, 0.2) is 6.33 Å². The van der Waals surface area contributed by atoms with Gasteiger partial charge in [0.1, 0.15) is 12.9 Å². The number of tetrazole rings is 1. The number of ether oxygens (including phenoxy) is 1. The van der Waals surface area contributed by atoms with E-state index in [1.807, 2.05) is 0 Å². The zero-order chi connectivity index (χ0) is 19.8. The Balaban J connectivity index is 1.57. The van der Waals surface area contributed by atoms with Crippen molar-refractivity contribution >= 4 is 5.91 Å². The van der Waals surface area contributed by atoms with E-state index in [2.05, 4.69) is 37.1 Å². The molecule has 0 aromatic carbocycles. The van der Waals surface area contributed by atoms with E-state index in [0.29, 0.717) is 12.0 Å². The summed E-state index contributed by atoms with van der Waals surface area (Å²) in [5.74, 6) is 0.685. The van der Waals surface area contributed by atoms with Crippen molar-refractivity contribution in [3.63, 3.8) is 0 Å². The van der Waals surface area contributed by atoms with Crippen molar-refractivity contribution in [1.29, 1.82) is 0 Å². The smallest absolute Gasteiger partial charge is 0.244 e. The first-order valence-electron chi connectivity index (χ1n) is 10.6. The molecule has 2 saturated heterocycles. The Morgan fingerprint density at radius 3 is 2.71 bits per heavy atom. The molecule has 2 fully saturated rings. The van der Waals surface area contributed by atoms with Crippen LogP contribution in [-0.2, 0) is 16.1 Å². The van der Waals surface area contributed by atoms with Crippen LogP contribution in [-0.4, -0.2) is 106 Å². The molecule has 0 radical (unpaired) electrons. The number of amides is 1. The summed E-state index contributed by atoms with van der Waals surface area (Å²) in [6.07, 6.45) is 6.20. The maximum absolute atomic E-state index is 13.0. The molecule has 2 aliphatic heterocycles. The standard InChI is InChI=1S/C19H35N7O2/c1-3-24-8-4-5-18(24)14-25(19(27)15-26-16-20-21-22-26)13-17-6-9-23(10-7-17)11-12-28-2/h16-18H,3-15H2,1-2H3/t18-/m0/s1. The summed E-state index contributed by atoms with van der Waals surface area (Å²) >= 11 is 0. The van der Waals surface area contributed by atoms with Crippen molar-refractivity contribution < 1.29 is 9.53 Å². The highest BCUT2D eigenvalue weighted by atomic mass is 16.5. The van der Waals surface area contributed by atoms with Crippen molar-refractivity contribution in [2.24, 2.45) is 5.92 Å². The first-order chi connectivity index (χ1) is 13.7. The van der Waals surface area contributed by atoms with Crippen LogP contribution >= 0.6 is 0 Å². The number of likely N-dealkylation sites (tertiary alicyclic amines) is 2. The summed E-state index contributed by atoms with van der Waals surface area (Å²) in [5.41, 5.74) is 0. The molecular weight excluding hydrogens is 358 g/mol. The number of carbonyl (C=O) groups excluding carboxylic acids is 1. The normalized spacial score (nSPS) is 22.0. The van der Waals surface area contributed by atoms with Gasteiger partial charge in [-0.1, -0.05) is 6.92 Å². The van der Waals surface area contributed by atoms with E-state index in [9.17, 15) is 4.79 Å². The van der Waals surface area contributed by atoms with Gasteiger partial charge in [0.05, 0.1) is 6.61 Å². The highest BCUT2D eigenvalue weighted by Crippen LogP contribution is 2.22. The van der Waals surface area contributed by atoms with Crippen molar-refractivity contribution in [1.82, 2.24) is 34.9 Å². The molecule has 0 saturated carbocycles. The molecule has 158 valence electrons. The minimum absolute atomic E-state index is 0.122. The molecule has 0 bridgehead atoms. The van der Waals surface area contributed by atoms with E-state index in [0.717, 1.165) is 65.3 Å². The fourth-order valence-corrected chi connectivity index (χ4v) is 4.47. The van der Waals surface area contributed by atoms with Crippen LogP contribution in [0.5, 0.6) is 0 Å². The second-order valence-corrected chi connectivity index (χ2v) is 8.01. The zero-order valence-corrected chi connectivity index (χ0v) is 17.4. The fraction of sp³-hybridized carbons (Fsp3) is 0.895. The molecule has 9 heteroatoms. The number of aromatic nitrogens is 4. The van der Waals surface area contributed by atoms with Gasteiger partial charge in [0.25, 0.3) is 0 Å². The zero-order valence-electron chi connectivity index (χ0n) is 17.4. The Hall–Kier alpha value is -1.58. The SMILES string of the molecule is CCN1CCC[C@H]1CN(CC1CCN(CCOC)CC1)C(=O)Cn1cnnn1. The molecule has 1 aromatic heterocycles. The van der Waals surface area contributed by atoms with E-state index >= 15 is 0 Å². The molecule has 0 unspecified atom stereocenters. The highest BCUT2D eigenvalue weighted by Gasteiger charge is 2.29. The molecule has 0 N–H and O–H groups in total. The average molecular weight is 394 g/mol. The van der Waals surface area contributed by atoms with Gasteiger partial charge in [0.15, 0.2) is 0 Å². The van der Waals surface area contributed by atoms with Gasteiger partial charge in [-0.15, -0.1) is 5.10 Å². The number of piperidine rings is 1. The largest absolute Gasteiger partial charge is 0.383 e. The monoisotopic (exact) mass is 393 g/mol. The Morgan fingerprint density at radius 2 is 2.04 bits per heavy atom. The van der Waals surface area contributed by atoms with E-state index in [4.69, 9.17) is 4.74 Å². The highest BCUT2D eigenvalue weighted by molar-refractivity contribution is 5.76. The lowest BCUT2D eigenvalue weighted by Gasteiger charge is -2.36.